The molecule has 2 aliphatic heterocycles. The van der Waals surface area contributed by atoms with Crippen LogP contribution in [0.15, 0.2) is 24.3 Å². The maximum Gasteiger partial charge on any atom is 0.255 e. The fraction of sp³-hybridized carbons (Fsp3) is 0.588. The van der Waals surface area contributed by atoms with Gasteiger partial charge >= 0.3 is 0 Å². The first kappa shape index (κ1) is 15.3. The van der Waals surface area contributed by atoms with E-state index in [1.807, 2.05) is 36.2 Å². The second-order valence-corrected chi connectivity index (χ2v) is 6.03. The number of rotatable bonds is 4. The average molecular weight is 304 g/mol. The van der Waals surface area contributed by atoms with Crippen molar-refractivity contribution in [1.29, 1.82) is 0 Å². The number of hydrogen-bond acceptors (Lipinski definition) is 4. The number of para-hydroxylation sites is 1. The zero-order valence-electron chi connectivity index (χ0n) is 13.2. The molecule has 2 aliphatic rings. The Morgan fingerprint density at radius 1 is 1.23 bits per heavy atom. The highest BCUT2D eigenvalue weighted by molar-refractivity contribution is 5.99. The molecular formula is C17H24N2O3. The SMILES string of the molecule is CN(CC1CCOC1)C(=O)c1ccccc1N1CCOCC1. The van der Waals surface area contributed by atoms with Crippen LogP contribution in [0.4, 0.5) is 5.69 Å². The van der Waals surface area contributed by atoms with E-state index in [1.165, 1.54) is 0 Å². The largest absolute Gasteiger partial charge is 0.381 e. The van der Waals surface area contributed by atoms with E-state index in [1.54, 1.807) is 0 Å². The van der Waals surface area contributed by atoms with Crippen molar-refractivity contribution in [2.45, 2.75) is 6.42 Å². The molecule has 0 spiro atoms. The first-order valence-corrected chi connectivity index (χ1v) is 8.00. The summed E-state index contributed by atoms with van der Waals surface area (Å²) in [5.41, 5.74) is 1.80. The molecule has 0 radical (unpaired) electrons. The monoisotopic (exact) mass is 304 g/mol. The molecule has 1 aromatic carbocycles. The van der Waals surface area contributed by atoms with Crippen LogP contribution in [0.3, 0.4) is 0 Å². The van der Waals surface area contributed by atoms with Crippen molar-refractivity contribution < 1.29 is 14.3 Å². The van der Waals surface area contributed by atoms with Gasteiger partial charge in [-0.25, -0.2) is 0 Å². The van der Waals surface area contributed by atoms with E-state index in [0.717, 1.165) is 63.7 Å². The second kappa shape index (κ2) is 7.11. The van der Waals surface area contributed by atoms with Crippen LogP contribution in [0.5, 0.6) is 0 Å². The lowest BCUT2D eigenvalue weighted by atomic mass is 10.1. The lowest BCUT2D eigenvalue weighted by Gasteiger charge is -2.31. The van der Waals surface area contributed by atoms with Crippen LogP contribution < -0.4 is 4.90 Å². The predicted octanol–water partition coefficient (Wildman–Crippen LogP) is 1.63. The fourth-order valence-corrected chi connectivity index (χ4v) is 3.14. The molecule has 2 heterocycles. The lowest BCUT2D eigenvalue weighted by Crippen LogP contribution is -2.38. The van der Waals surface area contributed by atoms with Crippen LogP contribution in [0.25, 0.3) is 0 Å². The van der Waals surface area contributed by atoms with E-state index in [9.17, 15) is 4.79 Å². The number of ether oxygens (including phenoxy) is 2. The molecule has 2 saturated heterocycles. The summed E-state index contributed by atoms with van der Waals surface area (Å²) < 4.78 is 10.8. The number of nitrogens with zero attached hydrogens (tertiary/aromatic N) is 2. The number of benzene rings is 1. The Morgan fingerprint density at radius 3 is 2.73 bits per heavy atom. The van der Waals surface area contributed by atoms with Crippen molar-refractivity contribution in [1.82, 2.24) is 4.90 Å². The molecule has 120 valence electrons. The van der Waals surface area contributed by atoms with Crippen molar-refractivity contribution in [3.63, 3.8) is 0 Å². The van der Waals surface area contributed by atoms with Gasteiger partial charge in [0.1, 0.15) is 0 Å². The van der Waals surface area contributed by atoms with Crippen LogP contribution >= 0.6 is 0 Å². The predicted molar refractivity (Wildman–Crippen MR) is 85.4 cm³/mol. The Kier molecular flexibility index (Phi) is 4.95. The van der Waals surface area contributed by atoms with E-state index in [-0.39, 0.29) is 5.91 Å². The number of carbonyl (C=O) groups excluding carboxylic acids is 1. The summed E-state index contributed by atoms with van der Waals surface area (Å²) in [7, 11) is 1.89. The van der Waals surface area contributed by atoms with Crippen LogP contribution in [0.1, 0.15) is 16.8 Å². The summed E-state index contributed by atoms with van der Waals surface area (Å²) in [6, 6.07) is 7.88. The molecule has 22 heavy (non-hydrogen) atoms. The van der Waals surface area contributed by atoms with Gasteiger partial charge in [-0.2, -0.15) is 0 Å². The zero-order valence-corrected chi connectivity index (χ0v) is 13.2. The quantitative estimate of drug-likeness (QED) is 0.848. The molecule has 1 aromatic rings. The van der Waals surface area contributed by atoms with Gasteiger partial charge in [-0.05, 0) is 18.6 Å². The fourth-order valence-electron chi connectivity index (χ4n) is 3.14. The third-order valence-corrected chi connectivity index (χ3v) is 4.39. The first-order chi connectivity index (χ1) is 10.8. The number of morpholine rings is 1. The maximum atomic E-state index is 12.8. The Morgan fingerprint density at radius 2 is 2.00 bits per heavy atom. The van der Waals surface area contributed by atoms with E-state index >= 15 is 0 Å². The molecule has 1 unspecified atom stereocenters. The van der Waals surface area contributed by atoms with Crippen LogP contribution in [0.2, 0.25) is 0 Å². The van der Waals surface area contributed by atoms with Crippen LogP contribution in [-0.4, -0.2) is 63.9 Å². The third kappa shape index (κ3) is 3.42. The molecule has 1 atom stereocenters. The number of anilines is 1. The molecule has 5 nitrogen and oxygen atoms in total. The highest BCUT2D eigenvalue weighted by Crippen LogP contribution is 2.23. The Bertz CT molecular complexity index is 508. The molecule has 2 fully saturated rings. The average Bonchev–Trinajstić information content (AvgIpc) is 3.08. The molecule has 0 N–H and O–H groups in total. The zero-order chi connectivity index (χ0) is 15.4. The topological polar surface area (TPSA) is 42.0 Å². The summed E-state index contributed by atoms with van der Waals surface area (Å²) in [5.74, 6) is 0.554. The van der Waals surface area contributed by atoms with Crippen molar-refractivity contribution in [3.05, 3.63) is 29.8 Å². The normalized spacial score (nSPS) is 21.9. The van der Waals surface area contributed by atoms with Gasteiger partial charge in [-0.3, -0.25) is 4.79 Å². The minimum atomic E-state index is 0.0917. The van der Waals surface area contributed by atoms with Gasteiger partial charge in [0.05, 0.1) is 25.4 Å². The van der Waals surface area contributed by atoms with Crippen molar-refractivity contribution in [3.8, 4) is 0 Å². The van der Waals surface area contributed by atoms with Crippen LogP contribution in [0, 0.1) is 5.92 Å². The molecule has 0 saturated carbocycles. The maximum absolute atomic E-state index is 12.8. The van der Waals surface area contributed by atoms with E-state index in [0.29, 0.717) is 5.92 Å². The van der Waals surface area contributed by atoms with E-state index < -0.39 is 0 Å². The summed E-state index contributed by atoms with van der Waals surface area (Å²) in [5, 5.41) is 0. The molecule has 1 amide bonds. The number of carbonyl (C=O) groups is 1. The Labute approximate surface area is 131 Å². The van der Waals surface area contributed by atoms with Gasteiger partial charge in [0.2, 0.25) is 0 Å². The Balaban J connectivity index is 1.73. The van der Waals surface area contributed by atoms with Gasteiger partial charge in [0.15, 0.2) is 0 Å². The summed E-state index contributed by atoms with van der Waals surface area (Å²) >= 11 is 0. The molecule has 5 heteroatoms. The minimum Gasteiger partial charge on any atom is -0.381 e. The van der Waals surface area contributed by atoms with Crippen molar-refractivity contribution >= 4 is 11.6 Å². The van der Waals surface area contributed by atoms with Gasteiger partial charge in [-0.1, -0.05) is 12.1 Å². The van der Waals surface area contributed by atoms with Gasteiger partial charge < -0.3 is 19.3 Å². The van der Waals surface area contributed by atoms with E-state index in [2.05, 4.69) is 4.90 Å². The van der Waals surface area contributed by atoms with Crippen LogP contribution in [-0.2, 0) is 9.47 Å². The molecular weight excluding hydrogens is 280 g/mol. The first-order valence-electron chi connectivity index (χ1n) is 8.00. The third-order valence-electron chi connectivity index (χ3n) is 4.39. The smallest absolute Gasteiger partial charge is 0.255 e. The van der Waals surface area contributed by atoms with Gasteiger partial charge in [-0.15, -0.1) is 0 Å². The molecule has 0 aromatic heterocycles. The molecule has 0 aliphatic carbocycles. The summed E-state index contributed by atoms with van der Waals surface area (Å²) in [4.78, 5) is 16.9. The highest BCUT2D eigenvalue weighted by atomic mass is 16.5. The number of amides is 1. The Hall–Kier alpha value is -1.59. The molecule has 0 bridgehead atoms. The highest BCUT2D eigenvalue weighted by Gasteiger charge is 2.24. The van der Waals surface area contributed by atoms with Gasteiger partial charge in [0, 0.05) is 44.9 Å². The van der Waals surface area contributed by atoms with E-state index in [4.69, 9.17) is 9.47 Å². The van der Waals surface area contributed by atoms with Crippen molar-refractivity contribution in [2.75, 3.05) is 58.0 Å². The van der Waals surface area contributed by atoms with Gasteiger partial charge in [0.25, 0.3) is 5.91 Å². The minimum absolute atomic E-state index is 0.0917. The number of hydrogen-bond donors (Lipinski definition) is 0. The summed E-state index contributed by atoms with van der Waals surface area (Å²) in [6.45, 7) is 5.46. The summed E-state index contributed by atoms with van der Waals surface area (Å²) in [6.07, 6.45) is 1.04. The lowest BCUT2D eigenvalue weighted by molar-refractivity contribution is 0.0765. The second-order valence-electron chi connectivity index (χ2n) is 6.03. The molecule has 3 rings (SSSR count). The standard InChI is InChI=1S/C17H24N2O3/c1-18(12-14-6-9-22-13-14)17(20)15-4-2-3-5-16(15)19-7-10-21-11-8-19/h2-5,14H,6-13H2,1H3. The van der Waals surface area contributed by atoms with Crippen molar-refractivity contribution in [2.24, 2.45) is 5.92 Å².